The van der Waals surface area contributed by atoms with E-state index < -0.39 is 20.1 Å². The SMILES string of the molecule is CCOC(=O)C(CC#C[Si](C)(C)C(C)(C)C)NC=O. The van der Waals surface area contributed by atoms with Crippen LogP contribution < -0.4 is 5.32 Å². The lowest BCUT2D eigenvalue weighted by Crippen LogP contribution is -2.38. The van der Waals surface area contributed by atoms with Gasteiger partial charge in [0.15, 0.2) is 0 Å². The van der Waals surface area contributed by atoms with Gasteiger partial charge >= 0.3 is 5.97 Å². The van der Waals surface area contributed by atoms with Gasteiger partial charge in [0.1, 0.15) is 14.1 Å². The van der Waals surface area contributed by atoms with Crippen LogP contribution >= 0.6 is 0 Å². The highest BCUT2D eigenvalue weighted by atomic mass is 28.3. The molecule has 19 heavy (non-hydrogen) atoms. The van der Waals surface area contributed by atoms with E-state index in [0.717, 1.165) is 0 Å². The van der Waals surface area contributed by atoms with E-state index in [9.17, 15) is 9.59 Å². The van der Waals surface area contributed by atoms with Gasteiger partial charge < -0.3 is 10.1 Å². The van der Waals surface area contributed by atoms with Gasteiger partial charge in [-0.3, -0.25) is 4.79 Å². The third-order valence-electron chi connectivity index (χ3n) is 3.42. The predicted octanol–water partition coefficient (Wildman–Crippen LogP) is 2.11. The molecule has 0 aromatic carbocycles. The maximum Gasteiger partial charge on any atom is 0.329 e. The minimum atomic E-state index is -1.68. The van der Waals surface area contributed by atoms with Crippen LogP contribution in [0.5, 0.6) is 0 Å². The molecule has 0 aliphatic carbocycles. The summed E-state index contributed by atoms with van der Waals surface area (Å²) in [4.78, 5) is 22.1. The highest BCUT2D eigenvalue weighted by Crippen LogP contribution is 2.35. The van der Waals surface area contributed by atoms with Crippen LogP contribution in [-0.2, 0) is 14.3 Å². The predicted molar refractivity (Wildman–Crippen MR) is 79.2 cm³/mol. The third-order valence-corrected chi connectivity index (χ3v) is 7.97. The molecule has 5 heteroatoms. The average Bonchev–Trinajstić information content (AvgIpc) is 2.26. The Bertz CT molecular complexity index is 374. The van der Waals surface area contributed by atoms with Gasteiger partial charge in [0.25, 0.3) is 0 Å². The number of hydrogen-bond acceptors (Lipinski definition) is 3. The van der Waals surface area contributed by atoms with Crippen molar-refractivity contribution in [3.05, 3.63) is 0 Å². The second kappa shape index (κ2) is 7.34. The molecule has 0 bridgehead atoms. The molecular weight excluding hydrogens is 258 g/mol. The fourth-order valence-electron chi connectivity index (χ4n) is 1.10. The van der Waals surface area contributed by atoms with Gasteiger partial charge in [-0.25, -0.2) is 4.79 Å². The molecule has 4 nitrogen and oxygen atoms in total. The second-order valence-electron chi connectivity index (χ2n) is 5.97. The summed E-state index contributed by atoms with van der Waals surface area (Å²) in [6.45, 7) is 13.0. The Morgan fingerprint density at radius 1 is 1.42 bits per heavy atom. The normalized spacial score (nSPS) is 12.9. The first-order valence-corrected chi connectivity index (χ1v) is 9.52. The highest BCUT2D eigenvalue weighted by Gasteiger charge is 2.33. The molecule has 0 radical (unpaired) electrons. The summed E-state index contributed by atoms with van der Waals surface area (Å²) in [6.07, 6.45) is 0.805. The summed E-state index contributed by atoms with van der Waals surface area (Å²) >= 11 is 0. The van der Waals surface area contributed by atoms with Crippen molar-refractivity contribution in [3.8, 4) is 11.5 Å². The molecule has 1 N–H and O–H groups in total. The number of carbonyl (C=O) groups is 2. The first-order chi connectivity index (χ1) is 8.65. The van der Waals surface area contributed by atoms with Crippen molar-refractivity contribution in [2.75, 3.05) is 6.61 Å². The lowest BCUT2D eigenvalue weighted by molar-refractivity contribution is -0.146. The van der Waals surface area contributed by atoms with Gasteiger partial charge in [-0.05, 0) is 12.0 Å². The molecule has 1 unspecified atom stereocenters. The lowest BCUT2D eigenvalue weighted by atomic mass is 10.2. The highest BCUT2D eigenvalue weighted by molar-refractivity contribution is 6.87. The molecule has 0 aliphatic rings. The molecule has 0 fully saturated rings. The van der Waals surface area contributed by atoms with Gasteiger partial charge in [-0.15, -0.1) is 11.5 Å². The van der Waals surface area contributed by atoms with Crippen molar-refractivity contribution in [1.82, 2.24) is 5.32 Å². The number of hydrogen-bond donors (Lipinski definition) is 1. The van der Waals surface area contributed by atoms with E-state index in [4.69, 9.17) is 4.74 Å². The molecule has 0 saturated heterocycles. The largest absolute Gasteiger partial charge is 0.464 e. The molecule has 1 amide bonds. The van der Waals surface area contributed by atoms with Gasteiger partial charge in [0, 0.05) is 6.42 Å². The van der Waals surface area contributed by atoms with Crippen molar-refractivity contribution in [2.24, 2.45) is 0 Å². The molecular formula is C14H25NO3Si. The summed E-state index contributed by atoms with van der Waals surface area (Å²) in [5, 5.41) is 2.63. The van der Waals surface area contributed by atoms with Crippen LogP contribution in [0.3, 0.4) is 0 Å². The molecule has 0 aromatic rings. The summed E-state index contributed by atoms with van der Waals surface area (Å²) in [5.74, 6) is 2.61. The molecule has 0 spiro atoms. The Morgan fingerprint density at radius 2 is 2.00 bits per heavy atom. The van der Waals surface area contributed by atoms with Gasteiger partial charge in [0.05, 0.1) is 6.61 Å². The molecule has 0 aliphatic heterocycles. The topological polar surface area (TPSA) is 55.4 Å². The van der Waals surface area contributed by atoms with E-state index in [1.165, 1.54) is 0 Å². The van der Waals surface area contributed by atoms with Crippen molar-refractivity contribution in [2.45, 2.75) is 58.3 Å². The zero-order valence-electron chi connectivity index (χ0n) is 12.8. The monoisotopic (exact) mass is 283 g/mol. The summed E-state index contributed by atoms with van der Waals surface area (Å²) in [6, 6.07) is -0.672. The van der Waals surface area contributed by atoms with Crippen molar-refractivity contribution >= 4 is 20.5 Å². The zero-order chi connectivity index (χ0) is 15.1. The summed E-state index contributed by atoms with van der Waals surface area (Å²) in [7, 11) is -1.68. The smallest absolute Gasteiger partial charge is 0.329 e. The van der Waals surface area contributed by atoms with Crippen LogP contribution in [0.4, 0.5) is 0 Å². The Balaban J connectivity index is 4.74. The van der Waals surface area contributed by atoms with Gasteiger partial charge in [-0.1, -0.05) is 33.9 Å². The third kappa shape index (κ3) is 5.93. The molecule has 0 rings (SSSR count). The van der Waals surface area contributed by atoms with E-state index >= 15 is 0 Å². The van der Waals surface area contributed by atoms with Crippen LogP contribution in [-0.4, -0.2) is 33.1 Å². The van der Waals surface area contributed by atoms with E-state index in [-0.39, 0.29) is 5.04 Å². The first-order valence-electron chi connectivity index (χ1n) is 6.52. The van der Waals surface area contributed by atoms with Crippen LogP contribution in [0.1, 0.15) is 34.1 Å². The summed E-state index contributed by atoms with van der Waals surface area (Å²) < 4.78 is 4.89. The molecule has 108 valence electrons. The Morgan fingerprint density at radius 3 is 2.42 bits per heavy atom. The Hall–Kier alpha value is -1.28. The number of rotatable bonds is 5. The minimum Gasteiger partial charge on any atom is -0.464 e. The van der Waals surface area contributed by atoms with Crippen molar-refractivity contribution < 1.29 is 14.3 Å². The number of carbonyl (C=O) groups excluding carboxylic acids is 2. The number of amides is 1. The van der Waals surface area contributed by atoms with Crippen molar-refractivity contribution in [1.29, 1.82) is 0 Å². The lowest BCUT2D eigenvalue weighted by Gasteiger charge is -2.31. The fraction of sp³-hybridized carbons (Fsp3) is 0.714. The van der Waals surface area contributed by atoms with Crippen LogP contribution in [0.2, 0.25) is 18.1 Å². The zero-order valence-corrected chi connectivity index (χ0v) is 13.8. The average molecular weight is 283 g/mol. The number of esters is 1. The quantitative estimate of drug-likeness (QED) is 0.364. The maximum absolute atomic E-state index is 11.6. The standard InChI is InChI=1S/C14H25NO3Si/c1-7-18-13(17)12(15-11-16)9-8-10-19(5,6)14(2,3)4/h11-12H,7,9H2,1-6H3,(H,15,16). The Labute approximate surface area is 117 Å². The molecule has 0 heterocycles. The summed E-state index contributed by atoms with van der Waals surface area (Å²) in [5.41, 5.74) is 3.31. The van der Waals surface area contributed by atoms with Crippen LogP contribution in [0.25, 0.3) is 0 Å². The molecule has 1 atom stereocenters. The van der Waals surface area contributed by atoms with Gasteiger partial charge in [-0.2, -0.15) is 0 Å². The van der Waals surface area contributed by atoms with Crippen molar-refractivity contribution in [3.63, 3.8) is 0 Å². The fourth-order valence-corrected chi connectivity index (χ4v) is 2.02. The van der Waals surface area contributed by atoms with Crippen LogP contribution in [0.15, 0.2) is 0 Å². The van der Waals surface area contributed by atoms with E-state index in [1.807, 2.05) is 0 Å². The second-order valence-corrected chi connectivity index (χ2v) is 11.0. The minimum absolute atomic E-state index is 0.178. The number of nitrogens with one attached hydrogen (secondary N) is 1. The molecule has 0 saturated carbocycles. The van der Waals surface area contributed by atoms with Gasteiger partial charge in [0.2, 0.25) is 6.41 Å². The number of ether oxygens (including phenoxy) is 1. The van der Waals surface area contributed by atoms with E-state index in [2.05, 4.69) is 50.6 Å². The van der Waals surface area contributed by atoms with Crippen LogP contribution in [0, 0.1) is 11.5 Å². The van der Waals surface area contributed by atoms with E-state index in [1.54, 1.807) is 6.92 Å². The first kappa shape index (κ1) is 17.7. The van der Waals surface area contributed by atoms with E-state index in [0.29, 0.717) is 19.4 Å². The molecule has 0 aromatic heterocycles. The maximum atomic E-state index is 11.6. The Kier molecular flexibility index (Phi) is 6.85.